The standard InChI is InChI=1S/C28H35N5O5/c1-20-8-7-11-23(18-20)30-27(36)31-24(19-38-28(37)33-14-5-6-15-33)26(35)32-16-12-21(13-17-32)25(34)29-22-9-3-2-4-10-22/h2-4,7-11,18,21,24H,5-6,12-17,19H2,1H3,(H,29,34)(H2,30,31,36)/t24-/m1/s1. The van der Waals surface area contributed by atoms with Crippen molar-refractivity contribution in [1.82, 2.24) is 15.1 Å². The Kier molecular flexibility index (Phi) is 9.18. The molecule has 5 amide bonds. The fraction of sp³-hybridized carbons (Fsp3) is 0.429. The lowest BCUT2D eigenvalue weighted by Crippen LogP contribution is -2.54. The van der Waals surface area contributed by atoms with Gasteiger partial charge in [-0.15, -0.1) is 0 Å². The van der Waals surface area contributed by atoms with E-state index in [4.69, 9.17) is 4.74 Å². The molecule has 2 fully saturated rings. The van der Waals surface area contributed by atoms with Gasteiger partial charge >= 0.3 is 12.1 Å². The highest BCUT2D eigenvalue weighted by molar-refractivity contribution is 5.95. The summed E-state index contributed by atoms with van der Waals surface area (Å²) in [6.07, 6.45) is 2.35. The van der Waals surface area contributed by atoms with Crippen molar-refractivity contribution in [2.24, 2.45) is 5.92 Å². The van der Waals surface area contributed by atoms with Gasteiger partial charge in [0, 0.05) is 43.5 Å². The number of rotatable bonds is 7. The Morgan fingerprint density at radius 3 is 2.24 bits per heavy atom. The number of urea groups is 1. The van der Waals surface area contributed by atoms with Crippen molar-refractivity contribution < 1.29 is 23.9 Å². The topological polar surface area (TPSA) is 120 Å². The van der Waals surface area contributed by atoms with E-state index >= 15 is 0 Å². The number of likely N-dealkylation sites (tertiary alicyclic amines) is 2. The van der Waals surface area contributed by atoms with Crippen molar-refractivity contribution in [2.75, 3.05) is 43.4 Å². The highest BCUT2D eigenvalue weighted by atomic mass is 16.6. The Hall–Kier alpha value is -4.08. The van der Waals surface area contributed by atoms with Crippen LogP contribution in [0.25, 0.3) is 0 Å². The average molecular weight is 522 g/mol. The fourth-order valence-corrected chi connectivity index (χ4v) is 4.72. The zero-order valence-corrected chi connectivity index (χ0v) is 21.7. The molecule has 3 N–H and O–H groups in total. The number of piperidine rings is 1. The van der Waals surface area contributed by atoms with Gasteiger partial charge in [0.25, 0.3) is 0 Å². The summed E-state index contributed by atoms with van der Waals surface area (Å²) < 4.78 is 5.43. The summed E-state index contributed by atoms with van der Waals surface area (Å²) in [5.41, 5.74) is 2.31. The molecule has 10 nitrogen and oxygen atoms in total. The van der Waals surface area contributed by atoms with E-state index in [-0.39, 0.29) is 24.3 Å². The number of anilines is 2. The number of aryl methyl sites for hydroxylation is 1. The smallest absolute Gasteiger partial charge is 0.409 e. The van der Waals surface area contributed by atoms with E-state index in [1.807, 2.05) is 55.5 Å². The highest BCUT2D eigenvalue weighted by Crippen LogP contribution is 2.20. The number of hydrogen-bond acceptors (Lipinski definition) is 5. The molecule has 0 radical (unpaired) electrons. The van der Waals surface area contributed by atoms with Gasteiger partial charge in [0.2, 0.25) is 11.8 Å². The van der Waals surface area contributed by atoms with E-state index in [0.717, 1.165) is 24.1 Å². The van der Waals surface area contributed by atoms with Gasteiger partial charge < -0.3 is 30.5 Å². The quantitative estimate of drug-likeness (QED) is 0.514. The molecule has 2 aromatic carbocycles. The third kappa shape index (κ3) is 7.47. The molecule has 0 unspecified atom stereocenters. The zero-order valence-electron chi connectivity index (χ0n) is 21.7. The second-order valence-electron chi connectivity index (χ2n) is 9.75. The minimum Gasteiger partial charge on any atom is -0.447 e. The number of benzene rings is 2. The number of amides is 5. The van der Waals surface area contributed by atoms with E-state index in [1.54, 1.807) is 15.9 Å². The van der Waals surface area contributed by atoms with Crippen LogP contribution in [0.4, 0.5) is 21.0 Å². The molecule has 2 aliphatic rings. The van der Waals surface area contributed by atoms with Crippen molar-refractivity contribution in [2.45, 2.75) is 38.6 Å². The number of ether oxygens (including phenoxy) is 1. The molecule has 2 saturated heterocycles. The molecule has 38 heavy (non-hydrogen) atoms. The van der Waals surface area contributed by atoms with Gasteiger partial charge in [-0.25, -0.2) is 9.59 Å². The van der Waals surface area contributed by atoms with Crippen LogP contribution in [0.1, 0.15) is 31.2 Å². The number of hydrogen-bond donors (Lipinski definition) is 3. The predicted molar refractivity (Wildman–Crippen MR) is 144 cm³/mol. The molecule has 202 valence electrons. The lowest BCUT2D eigenvalue weighted by molar-refractivity contribution is -0.137. The van der Waals surface area contributed by atoms with E-state index in [9.17, 15) is 19.2 Å². The third-order valence-corrected chi connectivity index (χ3v) is 6.84. The maximum atomic E-state index is 13.4. The molecule has 0 spiro atoms. The van der Waals surface area contributed by atoms with Crippen LogP contribution in [0, 0.1) is 12.8 Å². The normalized spacial score (nSPS) is 16.4. The Bertz CT molecular complexity index is 1130. The van der Waals surface area contributed by atoms with E-state index in [0.29, 0.717) is 44.7 Å². The maximum Gasteiger partial charge on any atom is 0.409 e. The predicted octanol–water partition coefficient (Wildman–Crippen LogP) is 3.59. The first-order valence-electron chi connectivity index (χ1n) is 13.1. The summed E-state index contributed by atoms with van der Waals surface area (Å²) in [5.74, 6) is -0.640. The number of nitrogens with one attached hydrogen (secondary N) is 3. The monoisotopic (exact) mass is 521 g/mol. The van der Waals surface area contributed by atoms with Gasteiger partial charge in [-0.05, 0) is 62.4 Å². The first kappa shape index (κ1) is 27.0. The van der Waals surface area contributed by atoms with Crippen LogP contribution in [0.5, 0.6) is 0 Å². The number of carbonyl (C=O) groups is 4. The van der Waals surface area contributed by atoms with E-state index in [2.05, 4.69) is 16.0 Å². The second kappa shape index (κ2) is 12.9. The van der Waals surface area contributed by atoms with Gasteiger partial charge in [-0.3, -0.25) is 9.59 Å². The van der Waals surface area contributed by atoms with Crippen LogP contribution < -0.4 is 16.0 Å². The first-order valence-corrected chi connectivity index (χ1v) is 13.1. The van der Waals surface area contributed by atoms with Crippen molar-refractivity contribution in [3.05, 3.63) is 60.2 Å². The number of carbonyl (C=O) groups excluding carboxylic acids is 4. The number of nitrogens with zero attached hydrogens (tertiary/aromatic N) is 2. The fourth-order valence-electron chi connectivity index (χ4n) is 4.72. The van der Waals surface area contributed by atoms with E-state index < -0.39 is 18.2 Å². The Morgan fingerprint density at radius 1 is 0.868 bits per heavy atom. The highest BCUT2D eigenvalue weighted by Gasteiger charge is 2.33. The minimum absolute atomic E-state index is 0.0740. The SMILES string of the molecule is Cc1cccc(NC(=O)N[C@H](COC(=O)N2CCCC2)C(=O)N2CCC(C(=O)Nc3ccccc3)CC2)c1. The summed E-state index contributed by atoms with van der Waals surface area (Å²) >= 11 is 0. The largest absolute Gasteiger partial charge is 0.447 e. The molecule has 1 atom stereocenters. The van der Waals surface area contributed by atoms with Crippen LogP contribution in [0.3, 0.4) is 0 Å². The lowest BCUT2D eigenvalue weighted by atomic mass is 9.95. The zero-order chi connectivity index (χ0) is 26.9. The second-order valence-corrected chi connectivity index (χ2v) is 9.75. The van der Waals surface area contributed by atoms with Crippen molar-refractivity contribution >= 4 is 35.3 Å². The molecule has 0 bridgehead atoms. The van der Waals surface area contributed by atoms with Crippen molar-refractivity contribution in [3.63, 3.8) is 0 Å². The van der Waals surface area contributed by atoms with Crippen LogP contribution >= 0.6 is 0 Å². The van der Waals surface area contributed by atoms with Crippen LogP contribution in [0.15, 0.2) is 54.6 Å². The average Bonchev–Trinajstić information content (AvgIpc) is 3.46. The van der Waals surface area contributed by atoms with Crippen molar-refractivity contribution in [3.8, 4) is 0 Å². The lowest BCUT2D eigenvalue weighted by Gasteiger charge is -2.34. The summed E-state index contributed by atoms with van der Waals surface area (Å²) in [5, 5.41) is 8.33. The molecule has 2 heterocycles. The van der Waals surface area contributed by atoms with Gasteiger partial charge in [0.1, 0.15) is 12.6 Å². The Labute approximate surface area is 222 Å². The minimum atomic E-state index is -1.05. The van der Waals surface area contributed by atoms with Crippen molar-refractivity contribution in [1.29, 1.82) is 0 Å². The van der Waals surface area contributed by atoms with Gasteiger partial charge in [-0.2, -0.15) is 0 Å². The molecule has 0 saturated carbocycles. The van der Waals surface area contributed by atoms with Crippen LogP contribution in [-0.4, -0.2) is 72.6 Å². The van der Waals surface area contributed by atoms with E-state index in [1.165, 1.54) is 0 Å². The molecular formula is C28H35N5O5. The summed E-state index contributed by atoms with van der Waals surface area (Å²) in [6.45, 7) is 3.61. The molecule has 2 aliphatic heterocycles. The number of para-hydroxylation sites is 1. The summed E-state index contributed by atoms with van der Waals surface area (Å²) in [7, 11) is 0. The molecule has 10 heteroatoms. The molecule has 0 aromatic heterocycles. The molecule has 0 aliphatic carbocycles. The first-order chi connectivity index (χ1) is 18.4. The summed E-state index contributed by atoms with van der Waals surface area (Å²) in [4.78, 5) is 54.5. The molecular weight excluding hydrogens is 486 g/mol. The molecule has 4 rings (SSSR count). The molecule has 2 aromatic rings. The summed E-state index contributed by atoms with van der Waals surface area (Å²) in [6, 6.07) is 14.9. The van der Waals surface area contributed by atoms with Gasteiger partial charge in [0.15, 0.2) is 0 Å². The van der Waals surface area contributed by atoms with Crippen LogP contribution in [0.2, 0.25) is 0 Å². The Balaban J connectivity index is 1.35. The van der Waals surface area contributed by atoms with Gasteiger partial charge in [0.05, 0.1) is 0 Å². The Morgan fingerprint density at radius 2 is 1.55 bits per heavy atom. The van der Waals surface area contributed by atoms with Gasteiger partial charge in [-0.1, -0.05) is 30.3 Å². The van der Waals surface area contributed by atoms with Crippen LogP contribution in [-0.2, 0) is 14.3 Å². The third-order valence-electron chi connectivity index (χ3n) is 6.84. The maximum absolute atomic E-state index is 13.4.